The summed E-state index contributed by atoms with van der Waals surface area (Å²) in [6, 6.07) is 4.53. The Balaban J connectivity index is -0.000000679. The third-order valence-electron chi connectivity index (χ3n) is 21.2. The van der Waals surface area contributed by atoms with E-state index in [2.05, 4.69) is 89.5 Å². The van der Waals surface area contributed by atoms with Crippen molar-refractivity contribution in [1.29, 1.82) is 10.5 Å². The number of cyclic esters (lactones) is 2. The number of aryl methyl sites for hydroxylation is 1. The van der Waals surface area contributed by atoms with Gasteiger partial charge in [-0.3, -0.25) is 4.68 Å². The van der Waals surface area contributed by atoms with Gasteiger partial charge < -0.3 is 91.0 Å². The second-order valence-electron chi connectivity index (χ2n) is 38.3. The van der Waals surface area contributed by atoms with Gasteiger partial charge in [-0.15, -0.1) is 29.8 Å². The Morgan fingerprint density at radius 3 is 1.34 bits per heavy atom. The van der Waals surface area contributed by atoms with Gasteiger partial charge in [0.15, 0.2) is 28.7 Å². The first-order chi connectivity index (χ1) is 54.3. The normalized spacial score (nSPS) is 19.3. The zero-order valence-electron chi connectivity index (χ0n) is 77.8. The van der Waals surface area contributed by atoms with Gasteiger partial charge in [0.2, 0.25) is 0 Å². The molecule has 0 bridgehead atoms. The minimum absolute atomic E-state index is 0. The molecule has 7 aliphatic rings. The molecule has 694 valence electrons. The van der Waals surface area contributed by atoms with Crippen LogP contribution in [0, 0.1) is 86.4 Å². The molecule has 7 fully saturated rings. The number of aromatic nitrogens is 4. The van der Waals surface area contributed by atoms with Crippen molar-refractivity contribution in [3.05, 3.63) is 35.2 Å². The fourth-order valence-electron chi connectivity index (χ4n) is 14.5. The summed E-state index contributed by atoms with van der Waals surface area (Å²) in [5, 5.41) is 52.4. The molecule has 30 nitrogen and oxygen atoms in total. The number of piperidine rings is 5. The van der Waals surface area contributed by atoms with E-state index in [1.165, 1.54) is 6.20 Å². The number of carbonyl (C=O) groups excluding carboxylic acids is 7. The van der Waals surface area contributed by atoms with Crippen molar-refractivity contribution in [2.75, 3.05) is 85.1 Å². The second-order valence-corrected chi connectivity index (χ2v) is 38.7. The Labute approximate surface area is 772 Å². The first-order valence-electron chi connectivity index (χ1n) is 42.0. The molecule has 0 radical (unpaired) electrons. The zero-order valence-corrected chi connectivity index (χ0v) is 79.2. The van der Waals surface area contributed by atoms with E-state index in [4.69, 9.17) is 57.6 Å². The Hall–Kier alpha value is -6.11. The first kappa shape index (κ1) is 120. The van der Waals surface area contributed by atoms with Crippen LogP contribution in [-0.2, 0) is 40.3 Å². The van der Waals surface area contributed by atoms with Gasteiger partial charge in [0, 0.05) is 119 Å². The molecule has 2 spiro atoms. The van der Waals surface area contributed by atoms with Gasteiger partial charge in [-0.1, -0.05) is 94.8 Å². The van der Waals surface area contributed by atoms with Crippen LogP contribution >= 0.6 is 36.4 Å². The molecule has 7 aliphatic heterocycles. The molecule has 35 heteroatoms. The van der Waals surface area contributed by atoms with Crippen molar-refractivity contribution in [3.63, 3.8) is 0 Å². The number of hydrogen-bond acceptors (Lipinski definition) is 22. The number of nitrogens with zero attached hydrogens (tertiary/aromatic N) is 11. The van der Waals surface area contributed by atoms with Gasteiger partial charge >= 0.3 is 55.4 Å². The monoisotopic (exact) mass is 1790 g/mol. The largest absolute Gasteiger partial charge is 1.00 e. The number of nitrogens with one attached hydrogen (secondary N) is 3. The Morgan fingerprint density at radius 2 is 1.02 bits per heavy atom. The molecule has 2 aromatic heterocycles. The fourth-order valence-corrected chi connectivity index (χ4v) is 14.6. The minimum atomic E-state index is -0.733. The van der Waals surface area contributed by atoms with E-state index in [1.807, 2.05) is 111 Å². The number of amides is 6. The van der Waals surface area contributed by atoms with E-state index in [-0.39, 0.29) is 152 Å². The quantitative estimate of drug-likeness (QED) is 0.0443. The van der Waals surface area contributed by atoms with Crippen molar-refractivity contribution in [1.82, 2.24) is 55.3 Å². The second kappa shape index (κ2) is 55.5. The fraction of sp³-hybridized carbons (Fsp3) is 0.805. The molecule has 0 aliphatic carbocycles. The smallest absolute Gasteiger partial charge is 1.00 e. The van der Waals surface area contributed by atoms with Crippen LogP contribution in [0.4, 0.5) is 34.6 Å². The van der Waals surface area contributed by atoms with E-state index in [1.54, 1.807) is 43.7 Å². The Bertz CT molecular complexity index is 3560. The Morgan fingerprint density at radius 1 is 0.639 bits per heavy atom. The molecule has 9 rings (SSSR count). The predicted octanol–water partition coefficient (Wildman–Crippen LogP) is 12.9. The molecule has 4 unspecified atom stereocenters. The molecule has 2 aromatic rings. The van der Waals surface area contributed by atoms with E-state index in [0.717, 1.165) is 102 Å². The minimum Gasteiger partial charge on any atom is -1.00 e. The summed E-state index contributed by atoms with van der Waals surface area (Å²) in [6.45, 7) is 58.8. The topological polar surface area (TPSA) is 386 Å². The number of nitriles is 2. The number of nitrogens with two attached hydrogens (primary N) is 1. The molecule has 7 saturated heterocycles. The van der Waals surface area contributed by atoms with Gasteiger partial charge in [-0.25, -0.2) is 33.8 Å². The van der Waals surface area contributed by atoms with Crippen LogP contribution in [0.1, 0.15) is 257 Å². The van der Waals surface area contributed by atoms with Crippen LogP contribution in [-0.4, -0.2) is 242 Å². The van der Waals surface area contributed by atoms with Crippen LogP contribution in [0.15, 0.2) is 18.6 Å². The number of carbonyl (C=O) groups is 7. The van der Waals surface area contributed by atoms with Gasteiger partial charge in [0.25, 0.3) is 5.82 Å². The number of aliphatic hydroxyl groups excluding tert-OH is 2. The van der Waals surface area contributed by atoms with Crippen LogP contribution in [0.5, 0.6) is 0 Å². The summed E-state index contributed by atoms with van der Waals surface area (Å²) in [4.78, 5) is 98.5. The summed E-state index contributed by atoms with van der Waals surface area (Å²) < 4.78 is 34.2. The van der Waals surface area contributed by atoms with Gasteiger partial charge in [-0.2, -0.15) is 15.6 Å². The van der Waals surface area contributed by atoms with E-state index in [9.17, 15) is 49.0 Å². The number of alkyl carbamates (subject to hydrolysis) is 2. The van der Waals surface area contributed by atoms with Crippen molar-refractivity contribution in [3.8, 4) is 23.4 Å². The SMILES string of the molecule is C.CC(C)(C)OC(=O)N1CCC(C#N)CC1.CC(C)CC(O)C1(C#N)CCN(C(=O)OC(C)(C)C)CC1.CC(C)CC(O)C1(CN)CCN(C(=O)OC(C)(C)C)CC1.CC(C)CC1OC(=O)NCC12CCN(C(=O)OC(C)(C)C)CC2.CC(C)CC1OC(=O)NCC12CCNCC2.CC(C)CC=O.Cl.Cl.[AlH3].[C-]#[N+]c1ncc(Cl)nc1-c1cnn(C)c1.[H-].[Li+]. The summed E-state index contributed by atoms with van der Waals surface area (Å²) in [6.07, 6.45) is 14.7. The van der Waals surface area contributed by atoms with E-state index in [0.29, 0.717) is 126 Å². The maximum atomic E-state index is 12.2. The number of aliphatic hydroxyl groups is 2. The van der Waals surface area contributed by atoms with Crippen molar-refractivity contribution >= 4 is 102 Å². The molecule has 0 saturated carbocycles. The van der Waals surface area contributed by atoms with Gasteiger partial charge in [-0.05, 0) is 216 Å². The summed E-state index contributed by atoms with van der Waals surface area (Å²) >= 11 is 5.73. The molecular weight excluding hydrogens is 1640 g/mol. The van der Waals surface area contributed by atoms with Crippen molar-refractivity contribution < 1.29 is 92.5 Å². The number of hydrogen-bond donors (Lipinski definition) is 6. The number of aldehydes is 1. The van der Waals surface area contributed by atoms with Gasteiger partial charge in [0.1, 0.15) is 46.6 Å². The average Bonchev–Trinajstić information content (AvgIpc) is 1.53. The third kappa shape index (κ3) is 42.5. The van der Waals surface area contributed by atoms with Crippen LogP contribution < -0.4 is 40.5 Å². The summed E-state index contributed by atoms with van der Waals surface area (Å²) in [5.41, 5.74) is 4.33. The van der Waals surface area contributed by atoms with E-state index < -0.39 is 40.0 Å². The van der Waals surface area contributed by atoms with Crippen molar-refractivity contribution in [2.45, 2.75) is 303 Å². The molecule has 122 heavy (non-hydrogen) atoms. The number of halogens is 3. The number of rotatable bonds is 14. The predicted molar refractivity (Wildman–Crippen MR) is 483 cm³/mol. The maximum absolute atomic E-state index is 12.2. The molecular formula is C87H156AlCl3LiN15O15. The zero-order chi connectivity index (χ0) is 88.7. The van der Waals surface area contributed by atoms with Crippen LogP contribution in [0.3, 0.4) is 0 Å². The van der Waals surface area contributed by atoms with Crippen molar-refractivity contribution in [2.24, 2.45) is 69.9 Å². The Kier molecular flexibility index (Phi) is 54.6. The molecule has 6 amide bonds. The van der Waals surface area contributed by atoms with Gasteiger partial charge in [0.05, 0.1) is 36.0 Å². The number of likely N-dealkylation sites (tertiary alicyclic amines) is 4. The molecule has 7 N–H and O–H groups in total. The number of ether oxygens (including phenoxy) is 6. The van der Waals surface area contributed by atoms with Crippen LogP contribution in [0.2, 0.25) is 5.15 Å². The molecule has 0 aromatic carbocycles. The third-order valence-corrected chi connectivity index (χ3v) is 21.4. The standard InChI is InChI=1S/C17H30N2O4.C16H32N2O3.C16H28N2O3.C12H22N2O2.C11H18N2O2.C9H6ClN5.C5H10O.CH4.Al.2ClH.Li.4H/c1-12(2)10-13-17(11-18-14(20)22-13)6-8-19(9-7-17)15(21)23-16(3,4)5;2*1-12(2)10-13(19)16(11-17)6-8-18(9-7-16)14(20)21-15(3,4)5;1-9(2)7-10-12(3-5-13-6-4-12)8-14-11(15)16-10;1-11(2,3)15-10(14)13-6-4-9(8-12)5-7-13;1-11-9-8(14-7(10)4-12-9)6-3-13-15(2)5-6;1-5(2)3-4-6;;;;;;;;;/h12-13H,6-11H2,1-5H3,(H,18,20);12-13,19H,6-11,17H2,1-5H3;12-13,19H,6-10H2,1-5H3;9-10,13H,3-8H2,1-2H3,(H,14,15);9H,4-7H2,1-3H3;3-5H,2H3;4-5H,3H2,1-2H3;1H4;;2*1H;;;;;/q;;;;;;;;;;;+1;;;;-1. The molecule has 9 heterocycles. The van der Waals surface area contributed by atoms with Crippen LogP contribution in [0.25, 0.3) is 16.1 Å². The average molecular weight is 1790 g/mol. The van der Waals surface area contributed by atoms with E-state index >= 15 is 0 Å². The summed E-state index contributed by atoms with van der Waals surface area (Å²) in [7, 11) is 1.79. The maximum Gasteiger partial charge on any atom is 1.00 e. The summed E-state index contributed by atoms with van der Waals surface area (Å²) in [5.74, 6) is 2.68. The molecule has 4 atom stereocenters. The first-order valence-corrected chi connectivity index (χ1v) is 42.4.